The van der Waals surface area contributed by atoms with Crippen LogP contribution in [0.25, 0.3) is 22.2 Å². The van der Waals surface area contributed by atoms with Gasteiger partial charge in [-0.15, -0.1) is 0 Å². The number of rotatable bonds is 9. The number of nitrogens with one attached hydrogen (secondary N) is 1. The highest BCUT2D eigenvalue weighted by Gasteiger charge is 2.30. The smallest absolute Gasteiger partial charge is 0.306 e. The van der Waals surface area contributed by atoms with Gasteiger partial charge in [0.25, 0.3) is 5.91 Å². The van der Waals surface area contributed by atoms with E-state index < -0.39 is 5.97 Å². The second-order valence-electron chi connectivity index (χ2n) is 12.4. The van der Waals surface area contributed by atoms with Gasteiger partial charge in [-0.25, -0.2) is 0 Å². The quantitative estimate of drug-likeness (QED) is 0.285. The summed E-state index contributed by atoms with van der Waals surface area (Å²) in [6.45, 7) is 2.97. The Balaban J connectivity index is 1.09. The number of unbranched alkanes of at least 4 members (excludes halogenated alkanes) is 2. The molecule has 0 unspecified atom stereocenters. The molecule has 2 amide bonds. The lowest BCUT2D eigenvalue weighted by Crippen LogP contribution is -2.40. The van der Waals surface area contributed by atoms with Gasteiger partial charge >= 0.3 is 5.97 Å². The number of carbonyl (C=O) groups excluding carboxylic acids is 2. The summed E-state index contributed by atoms with van der Waals surface area (Å²) in [5, 5.41) is 13.5. The molecule has 0 spiro atoms. The third kappa shape index (κ3) is 6.29. The molecule has 8 heteroatoms. The van der Waals surface area contributed by atoms with Crippen LogP contribution in [0.5, 0.6) is 5.75 Å². The van der Waals surface area contributed by atoms with Crippen molar-refractivity contribution in [2.24, 2.45) is 5.92 Å². The minimum atomic E-state index is -0.762. The van der Waals surface area contributed by atoms with Crippen molar-refractivity contribution >= 4 is 28.7 Å². The Kier molecular flexibility index (Phi) is 9.00. The van der Waals surface area contributed by atoms with E-state index in [1.165, 1.54) is 48.7 Å². The fourth-order valence-corrected chi connectivity index (χ4v) is 7.30. The van der Waals surface area contributed by atoms with E-state index in [9.17, 15) is 14.4 Å². The third-order valence-electron chi connectivity index (χ3n) is 9.64. The zero-order valence-corrected chi connectivity index (χ0v) is 25.0. The average molecular weight is 586 g/mol. The summed E-state index contributed by atoms with van der Waals surface area (Å²) in [7, 11) is 0. The van der Waals surface area contributed by atoms with Crippen LogP contribution in [0.2, 0.25) is 0 Å². The maximum absolute atomic E-state index is 13.2. The molecule has 2 fully saturated rings. The lowest BCUT2D eigenvalue weighted by atomic mass is 9.81. The van der Waals surface area contributed by atoms with Gasteiger partial charge in [-0.2, -0.15) is 0 Å². The molecule has 3 heterocycles. The summed E-state index contributed by atoms with van der Waals surface area (Å²) < 4.78 is 8.54. The molecule has 2 aromatic carbocycles. The van der Waals surface area contributed by atoms with E-state index >= 15 is 0 Å². The van der Waals surface area contributed by atoms with Crippen LogP contribution in [-0.2, 0) is 16.1 Å². The molecule has 1 saturated carbocycles. The topological polar surface area (TPSA) is 101 Å². The first-order valence-corrected chi connectivity index (χ1v) is 16.2. The van der Waals surface area contributed by atoms with Crippen molar-refractivity contribution in [2.45, 2.75) is 83.1 Å². The van der Waals surface area contributed by atoms with Gasteiger partial charge in [-0.05, 0) is 74.3 Å². The minimum absolute atomic E-state index is 0.0701. The predicted molar refractivity (Wildman–Crippen MR) is 166 cm³/mol. The number of hydrogen-bond acceptors (Lipinski definition) is 4. The maximum atomic E-state index is 13.2. The Morgan fingerprint density at radius 3 is 2.49 bits per heavy atom. The maximum Gasteiger partial charge on any atom is 0.306 e. The molecule has 2 aliphatic heterocycles. The number of ether oxygens (including phenoxy) is 1. The number of amides is 2. The second kappa shape index (κ2) is 13.2. The number of fused-ring (bicyclic) bond motifs is 5. The molecule has 43 heavy (non-hydrogen) atoms. The van der Waals surface area contributed by atoms with Crippen LogP contribution >= 0.6 is 0 Å². The van der Waals surface area contributed by atoms with Crippen LogP contribution in [0, 0.1) is 5.92 Å². The molecule has 1 aliphatic carbocycles. The molecular weight excluding hydrogens is 542 g/mol. The normalized spacial score (nSPS) is 17.5. The fourth-order valence-electron chi connectivity index (χ4n) is 7.30. The van der Waals surface area contributed by atoms with Gasteiger partial charge in [0.05, 0.1) is 18.2 Å². The first-order valence-electron chi connectivity index (χ1n) is 16.2. The van der Waals surface area contributed by atoms with E-state index in [2.05, 4.69) is 40.2 Å². The molecule has 6 rings (SSSR count). The number of benzene rings is 2. The molecule has 0 radical (unpaired) electrons. The van der Waals surface area contributed by atoms with Gasteiger partial charge in [0.2, 0.25) is 5.91 Å². The Morgan fingerprint density at radius 2 is 1.70 bits per heavy atom. The first-order chi connectivity index (χ1) is 21.0. The Labute approximate surface area is 253 Å². The second-order valence-corrected chi connectivity index (χ2v) is 12.4. The van der Waals surface area contributed by atoms with Gasteiger partial charge in [0.1, 0.15) is 12.4 Å². The third-order valence-corrected chi connectivity index (χ3v) is 9.64. The van der Waals surface area contributed by atoms with Gasteiger partial charge in [0, 0.05) is 48.1 Å². The molecule has 228 valence electrons. The predicted octanol–water partition coefficient (Wildman–Crippen LogP) is 6.36. The van der Waals surface area contributed by atoms with E-state index in [-0.39, 0.29) is 17.7 Å². The largest absolute Gasteiger partial charge is 0.491 e. The van der Waals surface area contributed by atoms with Crippen LogP contribution in [0.15, 0.2) is 42.5 Å². The monoisotopic (exact) mass is 585 g/mol. The highest BCUT2D eigenvalue weighted by Crippen LogP contribution is 2.47. The number of carboxylic acid groups (broad SMARTS) is 1. The molecule has 3 aromatic rings. The fraction of sp³-hybridized carbons (Fsp3) is 0.514. The molecule has 8 nitrogen and oxygen atoms in total. The van der Waals surface area contributed by atoms with Crippen molar-refractivity contribution in [2.75, 3.05) is 26.2 Å². The summed E-state index contributed by atoms with van der Waals surface area (Å²) in [6.07, 6.45) is 10.2. The van der Waals surface area contributed by atoms with Gasteiger partial charge in [-0.3, -0.25) is 14.4 Å². The van der Waals surface area contributed by atoms with Gasteiger partial charge in [0.15, 0.2) is 0 Å². The lowest BCUT2D eigenvalue weighted by molar-refractivity contribution is -0.145. The molecule has 0 atom stereocenters. The molecular formula is C35H43N3O5. The minimum Gasteiger partial charge on any atom is -0.491 e. The summed E-state index contributed by atoms with van der Waals surface area (Å²) in [5.41, 5.74) is 5.59. The van der Waals surface area contributed by atoms with E-state index in [0.717, 1.165) is 42.6 Å². The van der Waals surface area contributed by atoms with Crippen molar-refractivity contribution < 1.29 is 24.2 Å². The summed E-state index contributed by atoms with van der Waals surface area (Å²) in [4.78, 5) is 38.6. The van der Waals surface area contributed by atoms with Crippen LogP contribution < -0.4 is 10.1 Å². The van der Waals surface area contributed by atoms with Crippen molar-refractivity contribution in [3.8, 4) is 17.0 Å². The average Bonchev–Trinajstić information content (AvgIpc) is 3.23. The number of nitrogens with zero attached hydrogens (tertiary/aromatic N) is 2. The zero-order chi connectivity index (χ0) is 29.8. The number of piperidine rings is 1. The standard InChI is InChI=1S/C35H43N3O5/c39-31(37-19-16-25(17-20-37)35(41)42)13-5-2-8-18-36-34(40)26-14-15-27-29(23-26)38-21-22-43-30-12-7-6-11-28(30)33(38)32(27)24-9-3-1-4-10-24/h6-7,11-12,14-15,23-25H,1-5,8-10,13,16-22H2,(H,36,40)(H,41,42). The zero-order valence-electron chi connectivity index (χ0n) is 25.0. The number of aliphatic carboxylic acids is 1. The number of aromatic nitrogens is 1. The molecule has 0 bridgehead atoms. The summed E-state index contributed by atoms with van der Waals surface area (Å²) in [6, 6.07) is 14.5. The summed E-state index contributed by atoms with van der Waals surface area (Å²) >= 11 is 0. The molecule has 2 N–H and O–H groups in total. The lowest BCUT2D eigenvalue weighted by Gasteiger charge is -2.30. The van der Waals surface area contributed by atoms with Crippen molar-refractivity contribution in [3.63, 3.8) is 0 Å². The Morgan fingerprint density at radius 1 is 0.907 bits per heavy atom. The van der Waals surface area contributed by atoms with E-state index in [0.29, 0.717) is 57.0 Å². The van der Waals surface area contributed by atoms with E-state index in [1.54, 1.807) is 4.90 Å². The molecule has 3 aliphatic rings. The van der Waals surface area contributed by atoms with Crippen molar-refractivity contribution in [1.82, 2.24) is 14.8 Å². The van der Waals surface area contributed by atoms with E-state index in [4.69, 9.17) is 9.84 Å². The van der Waals surface area contributed by atoms with Crippen LogP contribution in [-0.4, -0.2) is 58.6 Å². The van der Waals surface area contributed by atoms with Gasteiger partial charge in [-0.1, -0.05) is 43.9 Å². The first kappa shape index (κ1) is 29.3. The highest BCUT2D eigenvalue weighted by atomic mass is 16.5. The van der Waals surface area contributed by atoms with E-state index in [1.807, 2.05) is 12.1 Å². The van der Waals surface area contributed by atoms with Crippen molar-refractivity contribution in [3.05, 3.63) is 53.6 Å². The van der Waals surface area contributed by atoms with Crippen LogP contribution in [0.4, 0.5) is 0 Å². The number of carbonyl (C=O) groups is 3. The molecule has 1 aromatic heterocycles. The molecule has 1 saturated heterocycles. The number of carboxylic acids is 1. The Hall–Kier alpha value is -3.81. The van der Waals surface area contributed by atoms with Gasteiger partial charge < -0.3 is 24.6 Å². The number of para-hydroxylation sites is 1. The van der Waals surface area contributed by atoms with Crippen LogP contribution in [0.3, 0.4) is 0 Å². The number of likely N-dealkylation sites (tertiary alicyclic amines) is 1. The number of hydrogen-bond donors (Lipinski definition) is 2. The van der Waals surface area contributed by atoms with Crippen molar-refractivity contribution in [1.29, 1.82) is 0 Å². The Bertz CT molecular complexity index is 1480. The summed E-state index contributed by atoms with van der Waals surface area (Å²) in [5.74, 6) is 0.394. The highest BCUT2D eigenvalue weighted by molar-refractivity contribution is 6.01. The van der Waals surface area contributed by atoms with Crippen LogP contribution in [0.1, 0.15) is 92.5 Å². The SMILES string of the molecule is O=C(NCCCCCC(=O)N1CCC(C(=O)O)CC1)c1ccc2c(C3CCCCC3)c3n(c2c1)CCOc1ccccc1-3.